The lowest BCUT2D eigenvalue weighted by atomic mass is 9.71. The van der Waals surface area contributed by atoms with Crippen LogP contribution in [0.5, 0.6) is 0 Å². The number of hydrogen-bond donors (Lipinski definition) is 3. The highest BCUT2D eigenvalue weighted by Gasteiger charge is 2.41. The molecule has 9 heteroatoms. The Morgan fingerprint density at radius 2 is 1.69 bits per heavy atom. The van der Waals surface area contributed by atoms with Crippen LogP contribution in [0.3, 0.4) is 0 Å². The number of anilines is 1. The number of nitrogens with one attached hydrogen (secondary N) is 3. The molecule has 1 aromatic carbocycles. The summed E-state index contributed by atoms with van der Waals surface area (Å²) < 4.78 is 5.54. The molecule has 3 aromatic rings. The van der Waals surface area contributed by atoms with Gasteiger partial charge in [-0.05, 0) is 108 Å². The first kappa shape index (κ1) is 32.3. The van der Waals surface area contributed by atoms with Crippen LogP contribution in [-0.2, 0) is 19.9 Å². The minimum absolute atomic E-state index is 0.0463. The third-order valence-electron chi connectivity index (χ3n) is 8.77. The summed E-state index contributed by atoms with van der Waals surface area (Å²) in [6, 6.07) is 16.2. The summed E-state index contributed by atoms with van der Waals surface area (Å²) >= 11 is 0. The van der Waals surface area contributed by atoms with Crippen LogP contribution >= 0.6 is 0 Å². The number of ether oxygens (including phenoxy) is 1. The maximum absolute atomic E-state index is 13.0. The highest BCUT2D eigenvalue weighted by atomic mass is 16.6. The largest absolute Gasteiger partial charge is 0.444 e. The SMILES string of the molecule is CC(=O)CNC1CCC(CC(=O)Nc2cc(-c3ccccn3)c(-c3ccc(C4(NC(=O)OC(C)(C)C)CCC4)cc3)cn2)CC1. The molecule has 5 rings (SSSR count). The van der Waals surface area contributed by atoms with Crippen LogP contribution in [-0.4, -0.2) is 45.9 Å². The van der Waals surface area contributed by atoms with E-state index < -0.39 is 17.2 Å². The molecule has 0 unspecified atom stereocenters. The molecule has 0 radical (unpaired) electrons. The van der Waals surface area contributed by atoms with Gasteiger partial charge in [0.05, 0.1) is 17.8 Å². The molecule has 0 saturated heterocycles. The van der Waals surface area contributed by atoms with Crippen LogP contribution in [0.15, 0.2) is 60.9 Å². The van der Waals surface area contributed by atoms with Gasteiger partial charge in [-0.25, -0.2) is 9.78 Å². The number of hydrogen-bond acceptors (Lipinski definition) is 7. The van der Waals surface area contributed by atoms with Gasteiger partial charge in [0.1, 0.15) is 17.2 Å². The summed E-state index contributed by atoms with van der Waals surface area (Å²) in [7, 11) is 0. The van der Waals surface area contributed by atoms with Crippen molar-refractivity contribution in [1.82, 2.24) is 20.6 Å². The van der Waals surface area contributed by atoms with Gasteiger partial charge >= 0.3 is 6.09 Å². The van der Waals surface area contributed by atoms with E-state index in [1.807, 2.05) is 45.0 Å². The highest BCUT2D eigenvalue weighted by molar-refractivity contribution is 5.92. The maximum atomic E-state index is 13.0. The molecule has 2 saturated carbocycles. The molecule has 3 N–H and O–H groups in total. The minimum Gasteiger partial charge on any atom is -0.444 e. The first-order valence-electron chi connectivity index (χ1n) is 16.1. The van der Waals surface area contributed by atoms with E-state index in [9.17, 15) is 14.4 Å². The minimum atomic E-state index is -0.561. The molecule has 2 aliphatic rings. The van der Waals surface area contributed by atoms with Crippen molar-refractivity contribution in [3.8, 4) is 22.4 Å². The summed E-state index contributed by atoms with van der Waals surface area (Å²) in [6.45, 7) is 7.59. The average molecular weight is 612 g/mol. The summed E-state index contributed by atoms with van der Waals surface area (Å²) in [6.07, 6.45) is 10.2. The second-order valence-corrected chi connectivity index (χ2v) is 13.5. The number of rotatable bonds is 10. The van der Waals surface area contributed by atoms with Gasteiger partial charge in [0, 0.05) is 36.0 Å². The van der Waals surface area contributed by atoms with Gasteiger partial charge in [-0.3, -0.25) is 14.6 Å². The molecule has 45 heavy (non-hydrogen) atoms. The van der Waals surface area contributed by atoms with E-state index in [1.165, 1.54) is 0 Å². The van der Waals surface area contributed by atoms with Gasteiger partial charge in [-0.2, -0.15) is 0 Å². The number of aromatic nitrogens is 2. The Morgan fingerprint density at radius 3 is 2.29 bits per heavy atom. The number of pyridine rings is 2. The molecular weight excluding hydrogens is 566 g/mol. The summed E-state index contributed by atoms with van der Waals surface area (Å²) in [5.41, 5.74) is 3.58. The van der Waals surface area contributed by atoms with Crippen LogP contribution in [0.4, 0.5) is 10.6 Å². The first-order valence-corrected chi connectivity index (χ1v) is 16.1. The van der Waals surface area contributed by atoms with Crippen molar-refractivity contribution in [2.75, 3.05) is 11.9 Å². The van der Waals surface area contributed by atoms with E-state index >= 15 is 0 Å². The lowest BCUT2D eigenvalue weighted by Gasteiger charge is -2.43. The molecule has 2 heterocycles. The second kappa shape index (κ2) is 13.9. The summed E-state index contributed by atoms with van der Waals surface area (Å²) in [5, 5.41) is 9.46. The second-order valence-electron chi connectivity index (χ2n) is 13.5. The number of carbonyl (C=O) groups is 3. The Bertz CT molecular complexity index is 1490. The van der Waals surface area contributed by atoms with Gasteiger partial charge in [0.25, 0.3) is 0 Å². The molecule has 238 valence electrons. The summed E-state index contributed by atoms with van der Waals surface area (Å²) in [5.74, 6) is 0.909. The van der Waals surface area contributed by atoms with Crippen molar-refractivity contribution in [2.24, 2.45) is 5.92 Å². The molecule has 2 fully saturated rings. The lowest BCUT2D eigenvalue weighted by Crippen LogP contribution is -2.52. The number of nitrogens with zero attached hydrogens (tertiary/aromatic N) is 2. The molecule has 9 nitrogen and oxygen atoms in total. The molecule has 0 atom stereocenters. The molecule has 2 amide bonds. The fourth-order valence-electron chi connectivity index (χ4n) is 6.29. The predicted molar refractivity (Wildman–Crippen MR) is 175 cm³/mol. The standard InChI is InChI=1S/C36H45N5O4/c1-24(42)22-38-28-15-9-25(10-16-28)20-33(43)40-32-21-29(31-8-5-6-19-37-31)30(23-39-32)26-11-13-27(14-12-26)36(17-7-18-36)41-34(44)45-35(2,3)4/h5-6,8,11-14,19,21,23,25,28,38H,7,9-10,15-18,20,22H2,1-4H3,(H,41,44)(H,39,40,43). The number of amides is 2. The molecule has 2 aliphatic carbocycles. The Kier molecular flexibility index (Phi) is 9.97. The first-order chi connectivity index (χ1) is 21.5. The van der Waals surface area contributed by atoms with Crippen molar-refractivity contribution in [2.45, 2.75) is 96.2 Å². The van der Waals surface area contributed by atoms with Crippen molar-refractivity contribution in [3.05, 3.63) is 66.5 Å². The third-order valence-corrected chi connectivity index (χ3v) is 8.77. The molecule has 0 bridgehead atoms. The monoisotopic (exact) mass is 611 g/mol. The van der Waals surface area contributed by atoms with Crippen LogP contribution in [0, 0.1) is 5.92 Å². The van der Waals surface area contributed by atoms with E-state index in [-0.39, 0.29) is 11.7 Å². The number of Topliss-reactive ketones (excluding diaryl/α,β-unsaturated/α-hetero) is 1. The van der Waals surface area contributed by atoms with E-state index in [0.29, 0.717) is 30.7 Å². The number of alkyl carbamates (subject to hydrolysis) is 1. The van der Waals surface area contributed by atoms with Gasteiger partial charge in [-0.1, -0.05) is 30.3 Å². The zero-order valence-corrected chi connectivity index (χ0v) is 26.8. The summed E-state index contributed by atoms with van der Waals surface area (Å²) in [4.78, 5) is 46.1. The fourth-order valence-corrected chi connectivity index (χ4v) is 6.29. The zero-order valence-electron chi connectivity index (χ0n) is 26.8. The van der Waals surface area contributed by atoms with Crippen molar-refractivity contribution in [3.63, 3.8) is 0 Å². The lowest BCUT2D eigenvalue weighted by molar-refractivity contribution is -0.117. The Balaban J connectivity index is 1.29. The van der Waals surface area contributed by atoms with E-state index in [4.69, 9.17) is 4.74 Å². The van der Waals surface area contributed by atoms with Crippen LogP contribution in [0.1, 0.15) is 84.6 Å². The maximum Gasteiger partial charge on any atom is 0.408 e. The van der Waals surface area contributed by atoms with Gasteiger partial charge in [0.2, 0.25) is 5.91 Å². The number of carbonyl (C=O) groups excluding carboxylic acids is 3. The van der Waals surface area contributed by atoms with E-state index in [0.717, 1.165) is 72.9 Å². The van der Waals surface area contributed by atoms with E-state index in [2.05, 4.69) is 50.2 Å². The highest BCUT2D eigenvalue weighted by Crippen LogP contribution is 2.42. The van der Waals surface area contributed by atoms with Crippen LogP contribution in [0.2, 0.25) is 0 Å². The fraction of sp³-hybridized carbons (Fsp3) is 0.472. The zero-order chi connectivity index (χ0) is 32.0. The van der Waals surface area contributed by atoms with Crippen molar-refractivity contribution >= 4 is 23.6 Å². The molecule has 2 aromatic heterocycles. The quantitative estimate of drug-likeness (QED) is 0.231. The Labute approximate surface area is 266 Å². The smallest absolute Gasteiger partial charge is 0.408 e. The van der Waals surface area contributed by atoms with Gasteiger partial charge in [0.15, 0.2) is 0 Å². The van der Waals surface area contributed by atoms with Gasteiger partial charge < -0.3 is 20.7 Å². The number of benzene rings is 1. The Morgan fingerprint density at radius 1 is 0.956 bits per heavy atom. The van der Waals surface area contributed by atoms with Crippen LogP contribution in [0.25, 0.3) is 22.4 Å². The normalized spacial score (nSPS) is 19.2. The Hall–Kier alpha value is -4.11. The predicted octanol–water partition coefficient (Wildman–Crippen LogP) is 6.78. The van der Waals surface area contributed by atoms with Crippen molar-refractivity contribution < 1.29 is 19.1 Å². The topological polar surface area (TPSA) is 122 Å². The molecule has 0 spiro atoms. The molecule has 0 aliphatic heterocycles. The van der Waals surface area contributed by atoms with Crippen molar-refractivity contribution in [1.29, 1.82) is 0 Å². The average Bonchev–Trinajstić information content (AvgIpc) is 2.98. The third kappa shape index (κ3) is 8.54. The molecular formula is C36H45N5O4. The number of ketones is 1. The van der Waals surface area contributed by atoms with E-state index in [1.54, 1.807) is 19.3 Å². The van der Waals surface area contributed by atoms with Crippen LogP contribution < -0.4 is 16.0 Å². The van der Waals surface area contributed by atoms with Gasteiger partial charge in [-0.15, -0.1) is 0 Å².